The molecule has 11 heavy (non-hydrogen) atoms. The van der Waals surface area contributed by atoms with Gasteiger partial charge in [0.2, 0.25) is 0 Å². The van der Waals surface area contributed by atoms with E-state index in [2.05, 4.69) is 10.1 Å². The average Bonchev–Trinajstić information content (AvgIpc) is 1.89. The molecule has 0 aromatic heterocycles. The highest BCUT2D eigenvalue weighted by atomic mass is 16.7. The number of nitrogens with one attached hydrogen (secondary N) is 1. The Bertz CT molecular complexity index is 179. The zero-order valence-corrected chi connectivity index (χ0v) is 6.34. The van der Waals surface area contributed by atoms with Gasteiger partial charge in [-0.05, 0) is 0 Å². The first kappa shape index (κ1) is 7.84. The molecular formula is C6H9NO4. The fourth-order valence-electron chi connectivity index (χ4n) is 0.735. The van der Waals surface area contributed by atoms with Crippen molar-refractivity contribution in [3.05, 3.63) is 0 Å². The zero-order valence-electron chi connectivity index (χ0n) is 6.34. The molecule has 1 rings (SSSR count). The number of cyclic esters (lactones) is 2. The van der Waals surface area contributed by atoms with Crippen molar-refractivity contribution in [1.82, 2.24) is 5.32 Å². The molecule has 0 aromatic rings. The van der Waals surface area contributed by atoms with Crippen LogP contribution in [0.1, 0.15) is 13.8 Å². The molecule has 62 valence electrons. The third kappa shape index (κ3) is 2.10. The minimum atomic E-state index is -1.16. The van der Waals surface area contributed by atoms with Gasteiger partial charge in [0.25, 0.3) is 5.79 Å². The quantitative estimate of drug-likeness (QED) is 0.505. The molecule has 0 aliphatic carbocycles. The molecule has 1 aliphatic rings. The van der Waals surface area contributed by atoms with Crippen LogP contribution in [0.2, 0.25) is 0 Å². The number of hydrogen-bond acceptors (Lipinski definition) is 4. The van der Waals surface area contributed by atoms with Gasteiger partial charge < -0.3 is 14.8 Å². The number of alkyl carbamates (subject to hydrolysis) is 1. The predicted octanol–water partition coefficient (Wildman–Crippen LogP) is 0.00550. The van der Waals surface area contributed by atoms with Crippen molar-refractivity contribution < 1.29 is 19.1 Å². The minimum Gasteiger partial charge on any atom is -0.422 e. The molecule has 0 spiro atoms. The Hall–Kier alpha value is -1.26. The van der Waals surface area contributed by atoms with Crippen molar-refractivity contribution in [1.29, 1.82) is 0 Å². The van der Waals surface area contributed by atoms with Crippen molar-refractivity contribution >= 4 is 12.1 Å². The van der Waals surface area contributed by atoms with E-state index in [4.69, 9.17) is 4.74 Å². The number of amides is 1. The number of rotatable bonds is 0. The standard InChI is InChI=1S/C6H9NO4/c1-6(2)10-4(8)3-7-5(9)11-6/h3H2,1-2H3,(H,7,9). The lowest BCUT2D eigenvalue weighted by Crippen LogP contribution is -2.31. The molecule has 5 nitrogen and oxygen atoms in total. The summed E-state index contributed by atoms with van der Waals surface area (Å²) in [5.41, 5.74) is 0. The number of carbonyl (C=O) groups is 2. The monoisotopic (exact) mass is 159 g/mol. The zero-order chi connectivity index (χ0) is 8.48. The number of hydrogen-bond donors (Lipinski definition) is 1. The third-order valence-corrected chi connectivity index (χ3v) is 1.08. The lowest BCUT2D eigenvalue weighted by molar-refractivity contribution is -0.187. The van der Waals surface area contributed by atoms with Crippen molar-refractivity contribution in [3.8, 4) is 0 Å². The Kier molecular flexibility index (Phi) is 1.72. The molecule has 1 saturated heterocycles. The summed E-state index contributed by atoms with van der Waals surface area (Å²) < 4.78 is 9.40. The Morgan fingerprint density at radius 3 is 2.64 bits per heavy atom. The van der Waals surface area contributed by atoms with Crippen LogP contribution < -0.4 is 5.32 Å². The van der Waals surface area contributed by atoms with E-state index in [9.17, 15) is 9.59 Å². The van der Waals surface area contributed by atoms with Gasteiger partial charge in [-0.15, -0.1) is 0 Å². The fraction of sp³-hybridized carbons (Fsp3) is 0.667. The average molecular weight is 159 g/mol. The van der Waals surface area contributed by atoms with E-state index < -0.39 is 17.8 Å². The molecular weight excluding hydrogens is 150 g/mol. The van der Waals surface area contributed by atoms with E-state index in [0.29, 0.717) is 0 Å². The normalized spacial score (nSPS) is 22.7. The first-order valence-electron chi connectivity index (χ1n) is 3.18. The van der Waals surface area contributed by atoms with E-state index in [1.165, 1.54) is 13.8 Å². The minimum absolute atomic E-state index is 0.137. The van der Waals surface area contributed by atoms with Gasteiger partial charge in [0.05, 0.1) is 0 Å². The van der Waals surface area contributed by atoms with Crippen molar-refractivity contribution in [2.24, 2.45) is 0 Å². The lowest BCUT2D eigenvalue weighted by atomic mass is 10.4. The fourth-order valence-corrected chi connectivity index (χ4v) is 0.735. The summed E-state index contributed by atoms with van der Waals surface area (Å²) in [6, 6.07) is 0. The van der Waals surface area contributed by atoms with Crippen molar-refractivity contribution in [2.75, 3.05) is 6.54 Å². The van der Waals surface area contributed by atoms with Crippen LogP contribution in [-0.4, -0.2) is 24.4 Å². The molecule has 1 heterocycles. The van der Waals surface area contributed by atoms with Crippen LogP contribution in [0.3, 0.4) is 0 Å². The van der Waals surface area contributed by atoms with Gasteiger partial charge in [0, 0.05) is 13.8 Å². The van der Waals surface area contributed by atoms with Crippen molar-refractivity contribution in [2.45, 2.75) is 19.6 Å². The second-order valence-corrected chi connectivity index (χ2v) is 2.62. The van der Waals surface area contributed by atoms with Crippen LogP contribution in [0.25, 0.3) is 0 Å². The first-order valence-corrected chi connectivity index (χ1v) is 3.18. The molecule has 0 saturated carbocycles. The highest BCUT2D eigenvalue weighted by Gasteiger charge is 2.30. The number of carbonyl (C=O) groups excluding carboxylic acids is 2. The van der Waals surface area contributed by atoms with E-state index in [-0.39, 0.29) is 6.54 Å². The summed E-state index contributed by atoms with van der Waals surface area (Å²) >= 11 is 0. The molecule has 0 bridgehead atoms. The summed E-state index contributed by atoms with van der Waals surface area (Å²) in [6.07, 6.45) is -0.638. The highest BCUT2D eigenvalue weighted by Crippen LogP contribution is 2.13. The molecule has 0 unspecified atom stereocenters. The van der Waals surface area contributed by atoms with Crippen LogP contribution in [0.15, 0.2) is 0 Å². The predicted molar refractivity (Wildman–Crippen MR) is 34.7 cm³/mol. The summed E-state index contributed by atoms with van der Waals surface area (Å²) in [6.45, 7) is 2.86. The van der Waals surface area contributed by atoms with Gasteiger partial charge in [0.15, 0.2) is 0 Å². The first-order chi connectivity index (χ1) is 4.99. The lowest BCUT2D eigenvalue weighted by Gasteiger charge is -2.20. The van der Waals surface area contributed by atoms with Gasteiger partial charge in [-0.2, -0.15) is 0 Å². The summed E-state index contributed by atoms with van der Waals surface area (Å²) in [5, 5.41) is 2.21. The summed E-state index contributed by atoms with van der Waals surface area (Å²) in [7, 11) is 0. The highest BCUT2D eigenvalue weighted by molar-refractivity contribution is 5.79. The Morgan fingerprint density at radius 2 is 2.00 bits per heavy atom. The third-order valence-electron chi connectivity index (χ3n) is 1.08. The number of esters is 1. The molecule has 1 fully saturated rings. The number of ether oxygens (including phenoxy) is 2. The van der Waals surface area contributed by atoms with E-state index in [1.54, 1.807) is 0 Å². The molecule has 0 radical (unpaired) electrons. The second-order valence-electron chi connectivity index (χ2n) is 2.62. The topological polar surface area (TPSA) is 64.6 Å². The smallest absolute Gasteiger partial charge is 0.410 e. The molecule has 0 aromatic carbocycles. The summed E-state index contributed by atoms with van der Waals surface area (Å²) in [4.78, 5) is 21.4. The van der Waals surface area contributed by atoms with E-state index >= 15 is 0 Å². The van der Waals surface area contributed by atoms with E-state index in [0.717, 1.165) is 0 Å². The maximum atomic E-state index is 10.7. The Morgan fingerprint density at radius 1 is 1.36 bits per heavy atom. The second kappa shape index (κ2) is 2.41. The van der Waals surface area contributed by atoms with Crippen LogP contribution in [-0.2, 0) is 14.3 Å². The van der Waals surface area contributed by atoms with Gasteiger partial charge >= 0.3 is 12.1 Å². The SMILES string of the molecule is CC1(C)OC(=O)CNC(=O)O1. The maximum absolute atomic E-state index is 10.7. The summed E-state index contributed by atoms with van der Waals surface area (Å²) in [5.74, 6) is -1.65. The molecule has 0 atom stereocenters. The molecule has 5 heteroatoms. The van der Waals surface area contributed by atoms with Crippen LogP contribution in [0, 0.1) is 0 Å². The van der Waals surface area contributed by atoms with Gasteiger partial charge in [-0.3, -0.25) is 4.79 Å². The van der Waals surface area contributed by atoms with E-state index in [1.807, 2.05) is 0 Å². The molecule has 1 aliphatic heterocycles. The van der Waals surface area contributed by atoms with Crippen LogP contribution >= 0.6 is 0 Å². The van der Waals surface area contributed by atoms with Gasteiger partial charge in [0.1, 0.15) is 6.54 Å². The Balaban J connectivity index is 2.70. The van der Waals surface area contributed by atoms with Gasteiger partial charge in [-0.1, -0.05) is 0 Å². The van der Waals surface area contributed by atoms with Crippen molar-refractivity contribution in [3.63, 3.8) is 0 Å². The van der Waals surface area contributed by atoms with Crippen LogP contribution in [0.4, 0.5) is 4.79 Å². The molecule has 1 N–H and O–H groups in total. The molecule has 1 amide bonds. The Labute approximate surface area is 63.7 Å². The largest absolute Gasteiger partial charge is 0.422 e. The van der Waals surface area contributed by atoms with Crippen LogP contribution in [0.5, 0.6) is 0 Å². The van der Waals surface area contributed by atoms with Gasteiger partial charge in [-0.25, -0.2) is 4.79 Å². The maximum Gasteiger partial charge on any atom is 0.410 e.